The molecular formula is C14H20N6O. The van der Waals surface area contributed by atoms with E-state index in [0.717, 1.165) is 37.4 Å². The first kappa shape index (κ1) is 15.2. The Hall–Kier alpha value is -2.20. The second kappa shape index (κ2) is 6.50. The number of carbonyl (C=O) groups excluding carboxylic acids is 1. The van der Waals surface area contributed by atoms with E-state index in [4.69, 9.17) is 0 Å². The summed E-state index contributed by atoms with van der Waals surface area (Å²) in [6.07, 6.45) is 0. The third-order valence-corrected chi connectivity index (χ3v) is 3.75. The minimum Gasteiger partial charge on any atom is -0.348 e. The lowest BCUT2D eigenvalue weighted by molar-refractivity contribution is -0.130. The van der Waals surface area contributed by atoms with Gasteiger partial charge in [0.15, 0.2) is 5.82 Å². The number of hydrogen-bond acceptors (Lipinski definition) is 6. The highest BCUT2D eigenvalue weighted by Crippen LogP contribution is 2.20. The number of aryl methyl sites for hydroxylation is 1. The molecule has 2 rings (SSSR count). The van der Waals surface area contributed by atoms with Crippen LogP contribution in [0.5, 0.6) is 0 Å². The van der Waals surface area contributed by atoms with Crippen LogP contribution in [0.2, 0.25) is 0 Å². The van der Waals surface area contributed by atoms with Crippen LogP contribution in [0.4, 0.5) is 5.82 Å². The Balaban J connectivity index is 2.13. The minimum absolute atomic E-state index is 0.0444. The predicted octanol–water partition coefficient (Wildman–Crippen LogP) is -0.167. The van der Waals surface area contributed by atoms with Gasteiger partial charge in [-0.15, -0.1) is 5.10 Å². The zero-order valence-electron chi connectivity index (χ0n) is 12.7. The maximum atomic E-state index is 12.3. The van der Waals surface area contributed by atoms with Crippen molar-refractivity contribution in [3.05, 3.63) is 16.8 Å². The van der Waals surface area contributed by atoms with Crippen molar-refractivity contribution in [3.63, 3.8) is 0 Å². The Morgan fingerprint density at radius 1 is 1.38 bits per heavy atom. The van der Waals surface area contributed by atoms with Gasteiger partial charge in [-0.05, 0) is 19.4 Å². The van der Waals surface area contributed by atoms with Gasteiger partial charge < -0.3 is 15.1 Å². The molecule has 1 aromatic rings. The van der Waals surface area contributed by atoms with Gasteiger partial charge in [0.25, 0.3) is 0 Å². The van der Waals surface area contributed by atoms with Gasteiger partial charge in [0.2, 0.25) is 5.91 Å². The number of carbonyl (C=O) groups is 1. The number of nitrogens with one attached hydrogen (secondary N) is 1. The molecule has 0 aromatic carbocycles. The van der Waals surface area contributed by atoms with E-state index in [-0.39, 0.29) is 12.5 Å². The molecule has 1 aromatic heterocycles. The highest BCUT2D eigenvalue weighted by molar-refractivity contribution is 5.81. The molecule has 0 unspecified atom stereocenters. The molecule has 21 heavy (non-hydrogen) atoms. The van der Waals surface area contributed by atoms with Crippen LogP contribution in [0.3, 0.4) is 0 Å². The Bertz CT molecular complexity index is 574. The van der Waals surface area contributed by atoms with Crippen molar-refractivity contribution in [1.82, 2.24) is 20.4 Å². The summed E-state index contributed by atoms with van der Waals surface area (Å²) in [5, 5.41) is 20.6. The summed E-state index contributed by atoms with van der Waals surface area (Å²) in [6.45, 7) is 6.94. The number of likely N-dealkylation sites (N-methyl/N-ethyl adjacent to an activating group) is 1. The molecule has 7 nitrogen and oxygen atoms in total. The lowest BCUT2D eigenvalue weighted by Crippen LogP contribution is -2.49. The molecule has 0 spiro atoms. The van der Waals surface area contributed by atoms with E-state index in [0.29, 0.717) is 11.4 Å². The van der Waals surface area contributed by atoms with Crippen molar-refractivity contribution >= 4 is 11.7 Å². The molecule has 0 aliphatic carbocycles. The van der Waals surface area contributed by atoms with Crippen molar-refractivity contribution in [2.24, 2.45) is 0 Å². The molecule has 0 saturated carbocycles. The van der Waals surface area contributed by atoms with E-state index in [2.05, 4.69) is 21.6 Å². The van der Waals surface area contributed by atoms with Gasteiger partial charge in [0, 0.05) is 33.2 Å². The van der Waals surface area contributed by atoms with Gasteiger partial charge in [0.1, 0.15) is 11.6 Å². The van der Waals surface area contributed by atoms with Crippen LogP contribution in [-0.2, 0) is 4.79 Å². The average molecular weight is 288 g/mol. The number of nitrogens with zero attached hydrogens (tertiary/aromatic N) is 5. The summed E-state index contributed by atoms with van der Waals surface area (Å²) in [7, 11) is 1.76. The van der Waals surface area contributed by atoms with Crippen LogP contribution >= 0.6 is 0 Å². The minimum atomic E-state index is 0.0444. The zero-order valence-corrected chi connectivity index (χ0v) is 12.7. The molecule has 2 heterocycles. The molecule has 1 saturated heterocycles. The normalized spacial score (nSPS) is 14.7. The first-order chi connectivity index (χ1) is 10.0. The van der Waals surface area contributed by atoms with Crippen molar-refractivity contribution in [2.75, 3.05) is 44.7 Å². The Labute approximate surface area is 124 Å². The first-order valence-corrected chi connectivity index (χ1v) is 6.98. The second-order valence-electron chi connectivity index (χ2n) is 5.21. The SMILES string of the molecule is Cc1nnc(N(C)CC(=O)N2CCNCC2)c(C#N)c1C. The van der Waals surface area contributed by atoms with E-state index in [1.165, 1.54) is 0 Å². The summed E-state index contributed by atoms with van der Waals surface area (Å²) in [5.41, 5.74) is 2.03. The van der Waals surface area contributed by atoms with E-state index in [9.17, 15) is 10.1 Å². The molecular weight excluding hydrogens is 268 g/mol. The standard InChI is InChI=1S/C14H20N6O/c1-10-11(2)17-18-14(12(10)8-15)19(3)9-13(21)20-6-4-16-5-7-20/h16H,4-7,9H2,1-3H3. The van der Waals surface area contributed by atoms with Crippen molar-refractivity contribution in [2.45, 2.75) is 13.8 Å². The predicted molar refractivity (Wildman–Crippen MR) is 78.9 cm³/mol. The van der Waals surface area contributed by atoms with E-state index < -0.39 is 0 Å². The summed E-state index contributed by atoms with van der Waals surface area (Å²) < 4.78 is 0. The van der Waals surface area contributed by atoms with Crippen LogP contribution in [0.1, 0.15) is 16.8 Å². The molecule has 1 fully saturated rings. The van der Waals surface area contributed by atoms with Gasteiger partial charge in [-0.3, -0.25) is 4.79 Å². The fraction of sp³-hybridized carbons (Fsp3) is 0.571. The van der Waals surface area contributed by atoms with Crippen LogP contribution < -0.4 is 10.2 Å². The second-order valence-corrected chi connectivity index (χ2v) is 5.21. The number of rotatable bonds is 3. The van der Waals surface area contributed by atoms with Gasteiger partial charge in [-0.2, -0.15) is 10.4 Å². The van der Waals surface area contributed by atoms with Gasteiger partial charge >= 0.3 is 0 Å². The highest BCUT2D eigenvalue weighted by Gasteiger charge is 2.21. The van der Waals surface area contributed by atoms with Crippen LogP contribution in [0, 0.1) is 25.2 Å². The Morgan fingerprint density at radius 2 is 2.05 bits per heavy atom. The lowest BCUT2D eigenvalue weighted by Gasteiger charge is -2.29. The molecule has 0 radical (unpaired) electrons. The van der Waals surface area contributed by atoms with Crippen molar-refractivity contribution in [1.29, 1.82) is 5.26 Å². The number of aromatic nitrogens is 2. The van der Waals surface area contributed by atoms with Gasteiger partial charge in [-0.1, -0.05) is 0 Å². The lowest BCUT2D eigenvalue weighted by atomic mass is 10.1. The molecule has 0 atom stereocenters. The van der Waals surface area contributed by atoms with Crippen LogP contribution in [-0.4, -0.2) is 60.8 Å². The molecule has 1 amide bonds. The number of anilines is 1. The number of nitriles is 1. The molecule has 7 heteroatoms. The average Bonchev–Trinajstić information content (AvgIpc) is 2.50. The van der Waals surface area contributed by atoms with Gasteiger partial charge in [0.05, 0.1) is 12.2 Å². The summed E-state index contributed by atoms with van der Waals surface area (Å²) in [6, 6.07) is 2.16. The highest BCUT2D eigenvalue weighted by atomic mass is 16.2. The van der Waals surface area contributed by atoms with Crippen LogP contribution in [0.25, 0.3) is 0 Å². The zero-order chi connectivity index (χ0) is 15.4. The fourth-order valence-electron chi connectivity index (χ4n) is 2.29. The maximum absolute atomic E-state index is 12.3. The topological polar surface area (TPSA) is 85.2 Å². The summed E-state index contributed by atoms with van der Waals surface area (Å²) >= 11 is 0. The van der Waals surface area contributed by atoms with Crippen molar-refractivity contribution in [3.8, 4) is 6.07 Å². The third-order valence-electron chi connectivity index (χ3n) is 3.75. The number of piperazine rings is 1. The molecule has 1 N–H and O–H groups in total. The van der Waals surface area contributed by atoms with Crippen molar-refractivity contribution < 1.29 is 4.79 Å². The molecule has 1 aliphatic rings. The summed E-state index contributed by atoms with van der Waals surface area (Å²) in [5.74, 6) is 0.506. The molecule has 112 valence electrons. The van der Waals surface area contributed by atoms with Gasteiger partial charge in [-0.25, -0.2) is 0 Å². The Kier molecular flexibility index (Phi) is 4.70. The number of amides is 1. The van der Waals surface area contributed by atoms with E-state index >= 15 is 0 Å². The van der Waals surface area contributed by atoms with E-state index in [1.807, 2.05) is 18.7 Å². The largest absolute Gasteiger partial charge is 0.348 e. The monoisotopic (exact) mass is 288 g/mol. The summed E-state index contributed by atoms with van der Waals surface area (Å²) in [4.78, 5) is 15.8. The molecule has 1 aliphatic heterocycles. The molecule has 0 bridgehead atoms. The fourth-order valence-corrected chi connectivity index (χ4v) is 2.29. The smallest absolute Gasteiger partial charge is 0.242 e. The maximum Gasteiger partial charge on any atom is 0.242 e. The van der Waals surface area contributed by atoms with Crippen LogP contribution in [0.15, 0.2) is 0 Å². The Morgan fingerprint density at radius 3 is 2.67 bits per heavy atom. The quantitative estimate of drug-likeness (QED) is 0.831. The first-order valence-electron chi connectivity index (χ1n) is 6.98. The number of hydrogen-bond donors (Lipinski definition) is 1. The third kappa shape index (κ3) is 3.28. The van der Waals surface area contributed by atoms with E-state index in [1.54, 1.807) is 11.9 Å².